The van der Waals surface area contributed by atoms with Crippen molar-refractivity contribution >= 4 is 35.1 Å². The third-order valence-corrected chi connectivity index (χ3v) is 5.02. The first-order valence-electron chi connectivity index (χ1n) is 9.54. The number of piperazine rings is 1. The van der Waals surface area contributed by atoms with Gasteiger partial charge in [-0.05, 0) is 25.1 Å². The highest BCUT2D eigenvalue weighted by molar-refractivity contribution is 6.33. The summed E-state index contributed by atoms with van der Waals surface area (Å²) in [6.07, 6.45) is -3.74. The van der Waals surface area contributed by atoms with E-state index < -0.39 is 47.4 Å². The number of aromatic nitrogens is 1. The largest absolute Gasteiger partial charge is 0.462 e. The van der Waals surface area contributed by atoms with Crippen molar-refractivity contribution in [1.82, 2.24) is 9.88 Å². The molecule has 0 bridgehead atoms. The van der Waals surface area contributed by atoms with E-state index in [1.54, 1.807) is 6.92 Å². The lowest BCUT2D eigenvalue weighted by molar-refractivity contribution is -0.138. The van der Waals surface area contributed by atoms with Crippen molar-refractivity contribution in [2.45, 2.75) is 13.1 Å². The maximum Gasteiger partial charge on any atom is 0.417 e. The van der Waals surface area contributed by atoms with Crippen LogP contribution in [-0.4, -0.2) is 59.0 Å². The van der Waals surface area contributed by atoms with E-state index in [0.29, 0.717) is 6.07 Å². The van der Waals surface area contributed by atoms with Gasteiger partial charge in [0.1, 0.15) is 5.82 Å². The molecule has 1 aliphatic heterocycles. The van der Waals surface area contributed by atoms with E-state index >= 15 is 0 Å². The van der Waals surface area contributed by atoms with Crippen molar-refractivity contribution in [2.24, 2.45) is 5.16 Å². The Hall–Kier alpha value is -3.41. The highest BCUT2D eigenvalue weighted by Gasteiger charge is 2.39. The summed E-state index contributed by atoms with van der Waals surface area (Å²) in [7, 11) is 0. The minimum Gasteiger partial charge on any atom is -0.462 e. The highest BCUT2D eigenvalue weighted by atomic mass is 35.5. The molecule has 1 aliphatic rings. The van der Waals surface area contributed by atoms with Crippen molar-refractivity contribution in [1.29, 1.82) is 0 Å². The van der Waals surface area contributed by atoms with Crippen LogP contribution in [-0.2, 0) is 15.7 Å². The average molecular weight is 489 g/mol. The lowest BCUT2D eigenvalue weighted by atomic mass is 10.0. The first-order chi connectivity index (χ1) is 15.6. The topological polar surface area (TPSA) is 95.3 Å². The summed E-state index contributed by atoms with van der Waals surface area (Å²) in [5.41, 5.74) is -2.24. The van der Waals surface area contributed by atoms with Crippen LogP contribution in [0.1, 0.15) is 28.4 Å². The Bertz CT molecular complexity index is 1110. The molecule has 176 valence electrons. The molecule has 0 atom stereocenters. The number of pyridine rings is 1. The number of anilines is 1. The Morgan fingerprint density at radius 3 is 2.64 bits per heavy atom. The van der Waals surface area contributed by atoms with Crippen LogP contribution >= 0.6 is 11.6 Å². The fourth-order valence-corrected chi connectivity index (χ4v) is 3.56. The minimum absolute atomic E-state index is 0.0214. The van der Waals surface area contributed by atoms with Gasteiger partial charge in [0, 0.05) is 19.3 Å². The molecule has 0 saturated carbocycles. The third-order valence-electron chi connectivity index (χ3n) is 4.75. The summed E-state index contributed by atoms with van der Waals surface area (Å²) >= 11 is 6.17. The lowest BCUT2D eigenvalue weighted by Gasteiger charge is -2.35. The number of carbonyl (C=O) groups is 2. The average Bonchev–Trinajstić information content (AvgIpc) is 2.75. The molecule has 1 fully saturated rings. The summed E-state index contributed by atoms with van der Waals surface area (Å²) in [5, 5.41) is 12.2. The van der Waals surface area contributed by atoms with Crippen LogP contribution in [0.2, 0.25) is 5.02 Å². The first kappa shape index (κ1) is 24.2. The summed E-state index contributed by atoms with van der Waals surface area (Å²) < 4.78 is 59.3. The van der Waals surface area contributed by atoms with Gasteiger partial charge in [-0.2, -0.15) is 13.2 Å². The highest BCUT2D eigenvalue weighted by Crippen LogP contribution is 2.34. The molecule has 1 amide bonds. The molecule has 3 rings (SSSR count). The van der Waals surface area contributed by atoms with E-state index in [2.05, 4.69) is 10.1 Å². The Morgan fingerprint density at radius 1 is 1.33 bits per heavy atom. The normalized spacial score (nSPS) is 15.1. The molecule has 0 aliphatic carbocycles. The van der Waals surface area contributed by atoms with Crippen LogP contribution in [0.3, 0.4) is 0 Å². The van der Waals surface area contributed by atoms with Crippen molar-refractivity contribution in [3.63, 3.8) is 0 Å². The number of halogens is 5. The second-order valence-corrected chi connectivity index (χ2v) is 7.21. The van der Waals surface area contributed by atoms with Crippen molar-refractivity contribution in [2.75, 3.05) is 31.1 Å². The van der Waals surface area contributed by atoms with Gasteiger partial charge >= 0.3 is 12.1 Å². The number of hydrogen-bond acceptors (Lipinski definition) is 6. The monoisotopic (exact) mass is 488 g/mol. The first-order valence-corrected chi connectivity index (χ1v) is 9.92. The molecule has 33 heavy (non-hydrogen) atoms. The van der Waals surface area contributed by atoms with E-state index in [-0.39, 0.29) is 36.1 Å². The van der Waals surface area contributed by atoms with Crippen molar-refractivity contribution in [3.8, 4) is 0 Å². The number of esters is 1. The Labute approximate surface area is 190 Å². The third kappa shape index (κ3) is 5.00. The second-order valence-electron chi connectivity index (χ2n) is 6.80. The molecule has 2 heterocycles. The molecular weight excluding hydrogens is 472 g/mol. The maximum atomic E-state index is 14.3. The number of alkyl halides is 3. The van der Waals surface area contributed by atoms with Gasteiger partial charge in [-0.15, -0.1) is 0 Å². The van der Waals surface area contributed by atoms with Crippen LogP contribution in [0, 0.1) is 5.82 Å². The number of carbonyl (C=O) groups excluding carboxylic acids is 2. The number of benzene rings is 1. The Morgan fingerprint density at radius 2 is 2.06 bits per heavy atom. The van der Waals surface area contributed by atoms with Crippen molar-refractivity contribution in [3.05, 3.63) is 58.0 Å². The fraction of sp³-hybridized carbons (Fsp3) is 0.300. The zero-order valence-corrected chi connectivity index (χ0v) is 17.8. The molecule has 0 radical (unpaired) electrons. The lowest BCUT2D eigenvalue weighted by Crippen LogP contribution is -2.53. The summed E-state index contributed by atoms with van der Waals surface area (Å²) in [6, 6.07) is 3.60. The predicted octanol–water partition coefficient (Wildman–Crippen LogP) is 3.55. The minimum atomic E-state index is -4.92. The summed E-state index contributed by atoms with van der Waals surface area (Å²) in [6.45, 7) is 1.00. The van der Waals surface area contributed by atoms with Crippen LogP contribution in [0.25, 0.3) is 0 Å². The van der Waals surface area contributed by atoms with Crippen LogP contribution in [0.4, 0.5) is 23.4 Å². The standard InChI is InChI=1S/C20H17ClF4N4O4/c1-2-33-19(31)11-8-13(21)17(26-9-11)29-7-6-28(10-15(29)30)18(27-32)16-12(20(23,24)25)4-3-5-14(16)22/h3-5,8-9,32H,2,6-7,10H2,1H3/b27-18-. The second kappa shape index (κ2) is 9.61. The number of amides is 1. The molecule has 0 unspecified atom stereocenters. The van der Waals surface area contributed by atoms with E-state index in [1.165, 1.54) is 12.3 Å². The van der Waals surface area contributed by atoms with Crippen molar-refractivity contribution < 1.29 is 37.1 Å². The summed E-state index contributed by atoms with van der Waals surface area (Å²) in [4.78, 5) is 30.8. The Kier molecular flexibility index (Phi) is 7.06. The van der Waals surface area contributed by atoms with Gasteiger partial charge in [0.25, 0.3) is 0 Å². The van der Waals surface area contributed by atoms with Gasteiger partial charge in [-0.1, -0.05) is 22.8 Å². The van der Waals surface area contributed by atoms with Gasteiger partial charge in [0.05, 0.1) is 34.9 Å². The van der Waals surface area contributed by atoms with E-state index in [0.717, 1.165) is 21.9 Å². The molecule has 13 heteroatoms. The molecule has 1 aromatic carbocycles. The quantitative estimate of drug-likeness (QED) is 0.177. The van der Waals surface area contributed by atoms with Crippen LogP contribution in [0.15, 0.2) is 35.6 Å². The Balaban J connectivity index is 1.85. The molecule has 2 aromatic rings. The number of nitrogens with zero attached hydrogens (tertiary/aromatic N) is 4. The molecule has 1 saturated heterocycles. The molecule has 8 nitrogen and oxygen atoms in total. The molecule has 0 spiro atoms. The van der Waals surface area contributed by atoms with E-state index in [9.17, 15) is 32.4 Å². The number of hydrogen-bond donors (Lipinski definition) is 1. The van der Waals surface area contributed by atoms with Gasteiger partial charge in [0.15, 0.2) is 11.7 Å². The number of oxime groups is 1. The van der Waals surface area contributed by atoms with Gasteiger partial charge < -0.3 is 14.8 Å². The van der Waals surface area contributed by atoms with Gasteiger partial charge in [0.2, 0.25) is 5.91 Å². The fourth-order valence-electron chi connectivity index (χ4n) is 3.29. The molecule has 1 N–H and O–H groups in total. The van der Waals surface area contributed by atoms with Gasteiger partial charge in [-0.3, -0.25) is 9.69 Å². The predicted molar refractivity (Wildman–Crippen MR) is 109 cm³/mol. The smallest absolute Gasteiger partial charge is 0.417 e. The number of amidine groups is 1. The van der Waals surface area contributed by atoms with Crippen LogP contribution in [0.5, 0.6) is 0 Å². The zero-order valence-electron chi connectivity index (χ0n) is 17.1. The van der Waals surface area contributed by atoms with Gasteiger partial charge in [-0.25, -0.2) is 14.2 Å². The van der Waals surface area contributed by atoms with E-state index in [1.807, 2.05) is 0 Å². The maximum absolute atomic E-state index is 14.3. The number of ether oxygens (including phenoxy) is 1. The molecular formula is C20H17ClF4N4O4. The SMILES string of the molecule is CCOC(=O)c1cnc(N2CCN(/C(=N\O)c3c(F)cccc3C(F)(F)F)CC2=O)c(Cl)c1. The van der Waals surface area contributed by atoms with E-state index in [4.69, 9.17) is 16.3 Å². The number of rotatable bonds is 4. The van der Waals surface area contributed by atoms with Crippen LogP contribution < -0.4 is 4.90 Å². The zero-order chi connectivity index (χ0) is 24.3. The molecule has 1 aromatic heterocycles. The summed E-state index contributed by atoms with van der Waals surface area (Å²) in [5.74, 6) is -3.26.